The highest BCUT2D eigenvalue weighted by molar-refractivity contribution is 5.79. The summed E-state index contributed by atoms with van der Waals surface area (Å²) in [4.78, 5) is 2.37. The molecule has 0 amide bonds. The minimum Gasteiger partial charge on any atom is -0.304 e. The Balaban J connectivity index is 2.06. The third kappa shape index (κ3) is 1.52. The van der Waals surface area contributed by atoms with E-state index in [4.69, 9.17) is 0 Å². The number of aryl methyl sites for hydroxylation is 1. The zero-order valence-electron chi connectivity index (χ0n) is 9.85. The van der Waals surface area contributed by atoms with Crippen LogP contribution in [0.25, 0.3) is 10.9 Å². The van der Waals surface area contributed by atoms with E-state index in [1.165, 1.54) is 29.4 Å². The summed E-state index contributed by atoms with van der Waals surface area (Å²) < 4.78 is 2.20. The predicted octanol–water partition coefficient (Wildman–Crippen LogP) is 2.22. The second-order valence-corrected chi connectivity index (χ2v) is 4.86. The summed E-state index contributed by atoms with van der Waals surface area (Å²) in [5.74, 6) is 0. The average Bonchev–Trinajstić information content (AvgIpc) is 2.83. The Hall–Kier alpha value is -1.35. The van der Waals surface area contributed by atoms with Crippen LogP contribution in [-0.4, -0.2) is 34.8 Å². The van der Waals surface area contributed by atoms with Crippen LogP contribution in [0.1, 0.15) is 18.0 Å². The molecule has 1 aromatic heterocycles. The molecule has 2 aromatic rings. The molecule has 2 heterocycles. The van der Waals surface area contributed by atoms with Gasteiger partial charge in [0, 0.05) is 11.9 Å². The van der Waals surface area contributed by atoms with Crippen molar-refractivity contribution >= 4 is 10.9 Å². The summed E-state index contributed by atoms with van der Waals surface area (Å²) in [6.07, 6.45) is 3.19. The van der Waals surface area contributed by atoms with E-state index in [1.54, 1.807) is 0 Å². The third-order valence-corrected chi connectivity index (χ3v) is 3.47. The maximum Gasteiger partial charge on any atom is 0.0688 e. The zero-order chi connectivity index (χ0) is 11.1. The lowest BCUT2D eigenvalue weighted by molar-refractivity contribution is 0.386. The van der Waals surface area contributed by atoms with Gasteiger partial charge in [-0.2, -0.15) is 5.10 Å². The molecule has 3 nitrogen and oxygen atoms in total. The van der Waals surface area contributed by atoms with E-state index in [0.29, 0.717) is 6.04 Å². The van der Waals surface area contributed by atoms with Crippen LogP contribution in [0.3, 0.4) is 0 Å². The highest BCUT2D eigenvalue weighted by atomic mass is 15.3. The summed E-state index contributed by atoms with van der Waals surface area (Å²) in [5, 5.41) is 5.79. The first-order valence-corrected chi connectivity index (χ1v) is 5.86. The van der Waals surface area contributed by atoms with Crippen molar-refractivity contribution in [2.24, 2.45) is 0 Å². The number of likely N-dealkylation sites (N-methyl/N-ethyl adjacent to an activating group) is 1. The molecular formula is C13H17N3. The number of rotatable bonds is 1. The molecule has 1 aliphatic rings. The van der Waals surface area contributed by atoms with Crippen LogP contribution in [0.4, 0.5) is 0 Å². The highest BCUT2D eigenvalue weighted by Crippen LogP contribution is 2.25. The minimum atomic E-state index is 0.546. The Morgan fingerprint density at radius 1 is 1.38 bits per heavy atom. The first-order chi connectivity index (χ1) is 7.74. The Labute approximate surface area is 95.7 Å². The largest absolute Gasteiger partial charge is 0.304 e. The molecule has 3 rings (SSSR count). The summed E-state index contributed by atoms with van der Waals surface area (Å²) in [6, 6.07) is 7.09. The number of hydrogen-bond acceptors (Lipinski definition) is 2. The van der Waals surface area contributed by atoms with Crippen molar-refractivity contribution in [1.82, 2.24) is 14.7 Å². The summed E-state index contributed by atoms with van der Waals surface area (Å²) in [5.41, 5.74) is 2.58. The van der Waals surface area contributed by atoms with Crippen LogP contribution in [0.5, 0.6) is 0 Å². The predicted molar refractivity (Wildman–Crippen MR) is 65.6 cm³/mol. The third-order valence-electron chi connectivity index (χ3n) is 3.47. The smallest absolute Gasteiger partial charge is 0.0688 e. The van der Waals surface area contributed by atoms with Crippen LogP contribution < -0.4 is 0 Å². The van der Waals surface area contributed by atoms with Gasteiger partial charge in [-0.1, -0.05) is 12.1 Å². The van der Waals surface area contributed by atoms with Gasteiger partial charge in [0.15, 0.2) is 0 Å². The Morgan fingerprint density at radius 3 is 3.00 bits per heavy atom. The SMILES string of the molecule is Cc1ccc2cnn(C3CCN(C)C3)c2c1. The lowest BCUT2D eigenvalue weighted by Gasteiger charge is -2.12. The van der Waals surface area contributed by atoms with E-state index in [-0.39, 0.29) is 0 Å². The molecule has 16 heavy (non-hydrogen) atoms. The number of fused-ring (bicyclic) bond motifs is 1. The quantitative estimate of drug-likeness (QED) is 0.727. The van der Waals surface area contributed by atoms with E-state index in [1.807, 2.05) is 6.20 Å². The van der Waals surface area contributed by atoms with Gasteiger partial charge in [0.05, 0.1) is 17.8 Å². The molecule has 0 N–H and O–H groups in total. The molecule has 0 aliphatic carbocycles. The monoisotopic (exact) mass is 215 g/mol. The van der Waals surface area contributed by atoms with Crippen LogP contribution in [0, 0.1) is 6.92 Å². The van der Waals surface area contributed by atoms with Crippen molar-refractivity contribution in [1.29, 1.82) is 0 Å². The number of nitrogens with zero attached hydrogens (tertiary/aromatic N) is 3. The summed E-state index contributed by atoms with van der Waals surface area (Å²) in [7, 11) is 2.18. The van der Waals surface area contributed by atoms with E-state index < -0.39 is 0 Å². The molecule has 1 aliphatic heterocycles. The fourth-order valence-electron chi connectivity index (χ4n) is 2.55. The highest BCUT2D eigenvalue weighted by Gasteiger charge is 2.22. The Kier molecular flexibility index (Phi) is 2.21. The zero-order valence-corrected chi connectivity index (χ0v) is 9.85. The molecule has 3 heteroatoms. The maximum atomic E-state index is 4.54. The molecule has 0 radical (unpaired) electrons. The topological polar surface area (TPSA) is 21.1 Å². The molecule has 1 aromatic carbocycles. The number of likely N-dealkylation sites (tertiary alicyclic amines) is 1. The van der Waals surface area contributed by atoms with Crippen molar-refractivity contribution in [3.8, 4) is 0 Å². The van der Waals surface area contributed by atoms with Gasteiger partial charge < -0.3 is 4.90 Å². The lowest BCUT2D eigenvalue weighted by Crippen LogP contribution is -2.17. The van der Waals surface area contributed by atoms with Gasteiger partial charge in [0.25, 0.3) is 0 Å². The van der Waals surface area contributed by atoms with Crippen molar-refractivity contribution in [2.75, 3.05) is 20.1 Å². The minimum absolute atomic E-state index is 0.546. The first-order valence-electron chi connectivity index (χ1n) is 5.86. The van der Waals surface area contributed by atoms with Crippen molar-refractivity contribution in [2.45, 2.75) is 19.4 Å². The first kappa shape index (κ1) is 9.85. The Morgan fingerprint density at radius 2 is 2.25 bits per heavy atom. The maximum absolute atomic E-state index is 4.54. The van der Waals surface area contributed by atoms with Gasteiger partial charge in [-0.05, 0) is 38.6 Å². The van der Waals surface area contributed by atoms with Crippen molar-refractivity contribution < 1.29 is 0 Å². The molecule has 1 unspecified atom stereocenters. The summed E-state index contributed by atoms with van der Waals surface area (Å²) in [6.45, 7) is 4.43. The number of hydrogen-bond donors (Lipinski definition) is 0. The summed E-state index contributed by atoms with van der Waals surface area (Å²) >= 11 is 0. The standard InChI is InChI=1S/C13H17N3/c1-10-3-4-11-8-14-16(13(11)7-10)12-5-6-15(2)9-12/h3-4,7-8,12H,5-6,9H2,1-2H3. The fourth-order valence-corrected chi connectivity index (χ4v) is 2.55. The van der Waals surface area contributed by atoms with E-state index in [0.717, 1.165) is 6.54 Å². The molecule has 0 spiro atoms. The number of benzene rings is 1. The molecule has 0 saturated carbocycles. The van der Waals surface area contributed by atoms with Gasteiger partial charge in [-0.25, -0.2) is 0 Å². The molecular weight excluding hydrogens is 198 g/mol. The van der Waals surface area contributed by atoms with Crippen molar-refractivity contribution in [3.05, 3.63) is 30.0 Å². The lowest BCUT2D eigenvalue weighted by atomic mass is 10.2. The molecule has 1 atom stereocenters. The van der Waals surface area contributed by atoms with Crippen LogP contribution >= 0.6 is 0 Å². The number of aromatic nitrogens is 2. The molecule has 1 saturated heterocycles. The van der Waals surface area contributed by atoms with Crippen molar-refractivity contribution in [3.63, 3.8) is 0 Å². The second kappa shape index (κ2) is 3.59. The average molecular weight is 215 g/mol. The van der Waals surface area contributed by atoms with E-state index >= 15 is 0 Å². The van der Waals surface area contributed by atoms with E-state index in [9.17, 15) is 0 Å². The molecule has 0 bridgehead atoms. The van der Waals surface area contributed by atoms with Gasteiger partial charge in [0.1, 0.15) is 0 Å². The van der Waals surface area contributed by atoms with Gasteiger partial charge in [0.2, 0.25) is 0 Å². The van der Waals surface area contributed by atoms with Crippen LogP contribution in [0.15, 0.2) is 24.4 Å². The van der Waals surface area contributed by atoms with Crippen LogP contribution in [0.2, 0.25) is 0 Å². The molecule has 1 fully saturated rings. The van der Waals surface area contributed by atoms with Gasteiger partial charge in [-0.15, -0.1) is 0 Å². The van der Waals surface area contributed by atoms with Gasteiger partial charge in [-0.3, -0.25) is 4.68 Å². The molecule has 84 valence electrons. The second-order valence-electron chi connectivity index (χ2n) is 4.86. The Bertz CT molecular complexity index is 515. The van der Waals surface area contributed by atoms with Crippen LogP contribution in [-0.2, 0) is 0 Å². The van der Waals surface area contributed by atoms with Gasteiger partial charge >= 0.3 is 0 Å². The van der Waals surface area contributed by atoms with E-state index in [2.05, 4.69) is 46.9 Å². The normalized spacial score (nSPS) is 22.0. The fraction of sp³-hybridized carbons (Fsp3) is 0.462.